The lowest BCUT2D eigenvalue weighted by Gasteiger charge is -2.39. The molecular formula is C55H46BN5O. The van der Waals surface area contributed by atoms with Crippen LogP contribution < -0.4 is 14.5 Å². The molecule has 8 aromatic rings. The molecule has 0 radical (unpaired) electrons. The Morgan fingerprint density at radius 1 is 0.613 bits per heavy atom. The van der Waals surface area contributed by atoms with Crippen molar-refractivity contribution in [1.82, 2.24) is 14.4 Å². The molecule has 6 nitrogen and oxygen atoms in total. The summed E-state index contributed by atoms with van der Waals surface area (Å²) in [6.07, 6.45) is 8.43. The highest BCUT2D eigenvalue weighted by molar-refractivity contribution is 6.70. The average molecular weight is 804 g/mol. The summed E-state index contributed by atoms with van der Waals surface area (Å²) in [6.45, 7) is 9.57. The summed E-state index contributed by atoms with van der Waals surface area (Å²) in [5.41, 5.74) is 13.9. The average Bonchev–Trinajstić information content (AvgIpc) is 3.85. The maximum atomic E-state index is 6.79. The van der Waals surface area contributed by atoms with Crippen LogP contribution in [0.2, 0.25) is 0 Å². The van der Waals surface area contributed by atoms with Crippen molar-refractivity contribution < 1.29 is 4.74 Å². The van der Waals surface area contributed by atoms with Crippen molar-refractivity contribution in [3.05, 3.63) is 222 Å². The number of nitrogens with zero attached hydrogens (tertiary/aromatic N) is 5. The molecule has 0 spiro atoms. The predicted molar refractivity (Wildman–Crippen MR) is 258 cm³/mol. The first-order valence-electron chi connectivity index (χ1n) is 21.4. The first-order chi connectivity index (χ1) is 30.3. The Morgan fingerprint density at radius 3 is 2.18 bits per heavy atom. The van der Waals surface area contributed by atoms with Crippen LogP contribution in [0, 0.1) is 6.92 Å². The van der Waals surface area contributed by atoms with E-state index in [1.165, 1.54) is 44.6 Å². The zero-order chi connectivity index (χ0) is 42.0. The van der Waals surface area contributed by atoms with Gasteiger partial charge in [-0.3, -0.25) is 4.57 Å². The highest BCUT2D eigenvalue weighted by atomic mass is 16.5. The number of aromatic nitrogens is 2. The minimum absolute atomic E-state index is 0.00837. The van der Waals surface area contributed by atoms with E-state index < -0.39 is 0 Å². The Bertz CT molecular complexity index is 3150. The normalized spacial score (nSPS) is 14.8. The van der Waals surface area contributed by atoms with E-state index in [9.17, 15) is 0 Å². The number of pyridine rings is 1. The van der Waals surface area contributed by atoms with Crippen molar-refractivity contribution in [2.75, 3.05) is 16.5 Å². The van der Waals surface area contributed by atoms with Gasteiger partial charge in [0.2, 0.25) is 0 Å². The molecule has 0 unspecified atom stereocenters. The molecule has 0 N–H and O–H groups in total. The number of rotatable bonds is 7. The molecule has 5 heterocycles. The van der Waals surface area contributed by atoms with Crippen LogP contribution in [0.1, 0.15) is 43.0 Å². The van der Waals surface area contributed by atoms with Gasteiger partial charge in [-0.15, -0.1) is 0 Å². The smallest absolute Gasteiger partial charge is 0.313 e. The maximum absolute atomic E-state index is 6.79. The Hall–Kier alpha value is -7.51. The zero-order valence-corrected chi connectivity index (χ0v) is 35.4. The summed E-state index contributed by atoms with van der Waals surface area (Å²) in [5, 5.41) is 2.34. The number of benzene rings is 6. The number of allylic oxidation sites excluding steroid dienone is 3. The molecule has 0 bridgehead atoms. The minimum atomic E-state index is -0.00837. The van der Waals surface area contributed by atoms with Gasteiger partial charge in [0.15, 0.2) is 0 Å². The van der Waals surface area contributed by atoms with Crippen molar-refractivity contribution in [3.8, 4) is 17.3 Å². The van der Waals surface area contributed by atoms with Gasteiger partial charge < -0.3 is 19.3 Å². The molecule has 2 aromatic heterocycles. The fourth-order valence-corrected chi connectivity index (χ4v) is 9.24. The highest BCUT2D eigenvalue weighted by Gasteiger charge is 2.38. The standard InChI is InChI=1S/C55H46BN5O/c1-38-23-25-39(26-24-38)47-36-56-30-12-13-32-60(56)53(40-15-6-5-7-16-40)54(47)59-37-58(49-21-10-11-22-50(49)59)42-17-14-18-43(34-42)62-44-27-28-46-45-19-8-9-20-48(45)61(51(46)35-44)52-33-41(29-31-57-52)55(2,3)4/h5-36H,37H2,1-4H3. The summed E-state index contributed by atoms with van der Waals surface area (Å²) in [5.74, 6) is 7.12. The molecule has 11 rings (SSSR count). The van der Waals surface area contributed by atoms with E-state index in [0.29, 0.717) is 6.67 Å². The number of anilines is 3. The monoisotopic (exact) mass is 803 g/mol. The fourth-order valence-electron chi connectivity index (χ4n) is 9.24. The van der Waals surface area contributed by atoms with Gasteiger partial charge in [0, 0.05) is 34.8 Å². The Labute approximate surface area is 363 Å². The van der Waals surface area contributed by atoms with Gasteiger partial charge in [-0.05, 0) is 101 Å². The largest absolute Gasteiger partial charge is 0.457 e. The predicted octanol–water partition coefficient (Wildman–Crippen LogP) is 13.4. The van der Waals surface area contributed by atoms with Crippen LogP contribution in [0.5, 0.6) is 11.5 Å². The summed E-state index contributed by atoms with van der Waals surface area (Å²) in [6, 6.07) is 56.3. The molecule has 7 heteroatoms. The van der Waals surface area contributed by atoms with Crippen LogP contribution in [0.3, 0.4) is 0 Å². The van der Waals surface area contributed by atoms with Crippen molar-refractivity contribution in [2.45, 2.75) is 33.1 Å². The van der Waals surface area contributed by atoms with Gasteiger partial charge in [0.25, 0.3) is 0 Å². The molecule has 0 atom stereocenters. The molecule has 300 valence electrons. The van der Waals surface area contributed by atoms with Gasteiger partial charge in [-0.25, -0.2) is 4.98 Å². The lowest BCUT2D eigenvalue weighted by atomic mass is 9.55. The highest BCUT2D eigenvalue weighted by Crippen LogP contribution is 2.49. The Kier molecular flexibility index (Phi) is 9.01. The van der Waals surface area contributed by atoms with Gasteiger partial charge in [0.05, 0.1) is 33.8 Å². The summed E-state index contributed by atoms with van der Waals surface area (Å²) < 4.78 is 9.05. The molecule has 0 amide bonds. The van der Waals surface area contributed by atoms with E-state index in [1.807, 2.05) is 12.3 Å². The maximum Gasteiger partial charge on any atom is 0.313 e. The molecule has 0 saturated carbocycles. The number of hydrogen-bond donors (Lipinski definition) is 0. The molecule has 3 aliphatic rings. The zero-order valence-electron chi connectivity index (χ0n) is 35.4. The second-order valence-electron chi connectivity index (χ2n) is 17.4. The molecule has 3 aliphatic heterocycles. The van der Waals surface area contributed by atoms with Crippen LogP contribution >= 0.6 is 0 Å². The van der Waals surface area contributed by atoms with Crippen molar-refractivity contribution in [3.63, 3.8) is 0 Å². The summed E-state index contributed by atoms with van der Waals surface area (Å²) >= 11 is 0. The fraction of sp³-hybridized carbons (Fsp3) is 0.109. The lowest BCUT2D eigenvalue weighted by Crippen LogP contribution is -2.40. The summed E-state index contributed by atoms with van der Waals surface area (Å²) in [7, 11) is 0. The van der Waals surface area contributed by atoms with Crippen LogP contribution in [0.4, 0.5) is 17.1 Å². The van der Waals surface area contributed by atoms with Crippen LogP contribution in [0.15, 0.2) is 200 Å². The molecular weight excluding hydrogens is 757 g/mol. The van der Waals surface area contributed by atoms with Gasteiger partial charge in [-0.1, -0.05) is 135 Å². The second-order valence-corrected chi connectivity index (χ2v) is 17.4. The molecule has 6 aromatic carbocycles. The number of para-hydroxylation sites is 3. The third-order valence-corrected chi connectivity index (χ3v) is 12.3. The molecule has 0 fully saturated rings. The first kappa shape index (κ1) is 37.5. The topological polar surface area (TPSA) is 36.8 Å². The molecule has 0 aliphatic carbocycles. The minimum Gasteiger partial charge on any atom is -0.457 e. The van der Waals surface area contributed by atoms with Crippen LogP contribution in [0.25, 0.3) is 38.9 Å². The summed E-state index contributed by atoms with van der Waals surface area (Å²) in [4.78, 5) is 12.2. The van der Waals surface area contributed by atoms with E-state index in [4.69, 9.17) is 9.72 Å². The number of ether oxygens (including phenoxy) is 1. The van der Waals surface area contributed by atoms with E-state index in [2.05, 4.69) is 229 Å². The van der Waals surface area contributed by atoms with Gasteiger partial charge in [-0.2, -0.15) is 0 Å². The van der Waals surface area contributed by atoms with Crippen molar-refractivity contribution in [2.24, 2.45) is 0 Å². The molecule has 0 saturated heterocycles. The first-order valence-corrected chi connectivity index (χ1v) is 21.4. The Morgan fingerprint density at radius 2 is 1.35 bits per heavy atom. The van der Waals surface area contributed by atoms with Gasteiger partial charge in [0.1, 0.15) is 24.0 Å². The lowest BCUT2D eigenvalue weighted by molar-refractivity contribution is 0.483. The van der Waals surface area contributed by atoms with Crippen LogP contribution in [-0.4, -0.2) is 27.9 Å². The van der Waals surface area contributed by atoms with Crippen molar-refractivity contribution in [1.29, 1.82) is 0 Å². The van der Waals surface area contributed by atoms with E-state index in [1.54, 1.807) is 0 Å². The number of fused-ring (bicyclic) bond motifs is 5. The third kappa shape index (κ3) is 6.49. The van der Waals surface area contributed by atoms with E-state index in [0.717, 1.165) is 50.8 Å². The van der Waals surface area contributed by atoms with Crippen LogP contribution in [-0.2, 0) is 5.41 Å². The van der Waals surface area contributed by atoms with Gasteiger partial charge >= 0.3 is 6.85 Å². The third-order valence-electron chi connectivity index (χ3n) is 12.3. The van der Waals surface area contributed by atoms with E-state index >= 15 is 0 Å². The number of aryl methyl sites for hydroxylation is 1. The van der Waals surface area contributed by atoms with E-state index in [-0.39, 0.29) is 12.3 Å². The van der Waals surface area contributed by atoms with Crippen molar-refractivity contribution >= 4 is 57.0 Å². The number of hydrogen-bond acceptors (Lipinski definition) is 5. The second kappa shape index (κ2) is 14.9. The Balaban J connectivity index is 0.990. The quantitative estimate of drug-likeness (QED) is 0.150. The SMILES string of the molecule is Cc1ccc(C2=CB3C=CC=CN3C(c3ccccc3)=C2N2CN(c3cccc(Oc4ccc5c6ccccc6n(-c6cc(C(C)(C)C)ccn6)c5c4)c3)c3ccccc32)cc1. The molecule has 62 heavy (non-hydrogen) atoms.